The van der Waals surface area contributed by atoms with Gasteiger partial charge in [-0.2, -0.15) is 0 Å². The van der Waals surface area contributed by atoms with Crippen LogP contribution in [0.2, 0.25) is 0 Å². The van der Waals surface area contributed by atoms with Crippen molar-refractivity contribution in [2.24, 2.45) is 0 Å². The smallest absolute Gasteiger partial charge is 0.230 e. The molecule has 152 valence electrons. The van der Waals surface area contributed by atoms with E-state index in [-0.39, 0.29) is 17.7 Å². The van der Waals surface area contributed by atoms with Crippen LogP contribution in [-0.2, 0) is 4.79 Å². The Labute approximate surface area is 174 Å². The summed E-state index contributed by atoms with van der Waals surface area (Å²) in [5.41, 5.74) is 1.74. The maximum Gasteiger partial charge on any atom is 0.230 e. The minimum atomic E-state index is -0.0199. The minimum Gasteiger partial charge on any atom is -0.494 e. The van der Waals surface area contributed by atoms with Gasteiger partial charge in [0.25, 0.3) is 0 Å². The van der Waals surface area contributed by atoms with Gasteiger partial charge < -0.3 is 10.1 Å². The third-order valence-corrected chi connectivity index (χ3v) is 5.24. The SMILES string of the molecule is CCOc1ccc(-n2c(SCC(=O)N[C@H](C)CC)nnc2-c2cccnc2)cc1. The van der Waals surface area contributed by atoms with Crippen molar-refractivity contribution in [3.05, 3.63) is 48.8 Å². The molecule has 1 N–H and O–H groups in total. The molecule has 7 nitrogen and oxygen atoms in total. The topological polar surface area (TPSA) is 81.9 Å². The van der Waals surface area contributed by atoms with E-state index in [4.69, 9.17) is 4.74 Å². The predicted molar refractivity (Wildman–Crippen MR) is 114 cm³/mol. The molecule has 0 unspecified atom stereocenters. The molecule has 2 aromatic heterocycles. The first-order valence-corrected chi connectivity index (χ1v) is 10.6. The summed E-state index contributed by atoms with van der Waals surface area (Å²) in [7, 11) is 0. The lowest BCUT2D eigenvalue weighted by Gasteiger charge is -2.13. The van der Waals surface area contributed by atoms with Crippen LogP contribution in [-0.4, -0.2) is 44.1 Å². The molecule has 0 aliphatic heterocycles. The highest BCUT2D eigenvalue weighted by Gasteiger charge is 2.18. The van der Waals surface area contributed by atoms with Gasteiger partial charge in [0.2, 0.25) is 5.91 Å². The first-order valence-electron chi connectivity index (χ1n) is 9.63. The van der Waals surface area contributed by atoms with Gasteiger partial charge in [-0.15, -0.1) is 10.2 Å². The molecule has 3 rings (SSSR count). The molecular formula is C21H25N5O2S. The average Bonchev–Trinajstić information content (AvgIpc) is 3.17. The van der Waals surface area contributed by atoms with Gasteiger partial charge in [0.1, 0.15) is 5.75 Å². The van der Waals surface area contributed by atoms with E-state index < -0.39 is 0 Å². The summed E-state index contributed by atoms with van der Waals surface area (Å²) in [5.74, 6) is 1.72. The number of nitrogens with one attached hydrogen (secondary N) is 1. The van der Waals surface area contributed by atoms with E-state index >= 15 is 0 Å². The van der Waals surface area contributed by atoms with Crippen molar-refractivity contribution in [3.8, 4) is 22.8 Å². The van der Waals surface area contributed by atoms with Crippen molar-refractivity contribution in [2.45, 2.75) is 38.4 Å². The molecule has 1 amide bonds. The molecule has 0 saturated heterocycles. The number of thioether (sulfide) groups is 1. The van der Waals surface area contributed by atoms with Crippen LogP contribution in [0.25, 0.3) is 17.1 Å². The molecule has 0 saturated carbocycles. The number of carbonyl (C=O) groups excluding carboxylic acids is 1. The summed E-state index contributed by atoms with van der Waals surface area (Å²) in [4.78, 5) is 16.4. The van der Waals surface area contributed by atoms with Crippen molar-refractivity contribution in [1.82, 2.24) is 25.1 Å². The molecule has 0 radical (unpaired) electrons. The maximum absolute atomic E-state index is 12.2. The van der Waals surface area contributed by atoms with Crippen molar-refractivity contribution in [3.63, 3.8) is 0 Å². The molecule has 2 heterocycles. The van der Waals surface area contributed by atoms with Gasteiger partial charge in [0.15, 0.2) is 11.0 Å². The van der Waals surface area contributed by atoms with E-state index in [9.17, 15) is 4.79 Å². The van der Waals surface area contributed by atoms with Crippen LogP contribution in [0.1, 0.15) is 27.2 Å². The standard InChI is InChI=1S/C21H25N5O2S/c1-4-15(3)23-19(27)14-29-21-25-24-20(16-7-6-12-22-13-16)26(21)17-8-10-18(11-9-17)28-5-2/h6-13,15H,4-5,14H2,1-3H3,(H,23,27)/t15-/m1/s1. The number of hydrogen-bond acceptors (Lipinski definition) is 6. The number of ether oxygens (including phenoxy) is 1. The zero-order valence-electron chi connectivity index (χ0n) is 16.8. The fraction of sp³-hybridized carbons (Fsp3) is 0.333. The Kier molecular flexibility index (Phi) is 7.24. The van der Waals surface area contributed by atoms with Crippen LogP contribution in [0, 0.1) is 0 Å². The summed E-state index contributed by atoms with van der Waals surface area (Å²) in [6.45, 7) is 6.60. The Morgan fingerprint density at radius 2 is 2.00 bits per heavy atom. The zero-order chi connectivity index (χ0) is 20.6. The van der Waals surface area contributed by atoms with Gasteiger partial charge in [-0.1, -0.05) is 18.7 Å². The van der Waals surface area contributed by atoms with Gasteiger partial charge in [-0.05, 0) is 56.7 Å². The number of carbonyl (C=O) groups is 1. The largest absolute Gasteiger partial charge is 0.494 e. The fourth-order valence-corrected chi connectivity index (χ4v) is 3.45. The minimum absolute atomic E-state index is 0.0199. The summed E-state index contributed by atoms with van der Waals surface area (Å²) < 4.78 is 7.48. The molecule has 8 heteroatoms. The lowest BCUT2D eigenvalue weighted by Crippen LogP contribution is -2.33. The van der Waals surface area contributed by atoms with E-state index in [0.29, 0.717) is 17.6 Å². The molecule has 1 atom stereocenters. The Morgan fingerprint density at radius 3 is 2.66 bits per heavy atom. The van der Waals surface area contributed by atoms with Crippen LogP contribution in [0.15, 0.2) is 53.9 Å². The lowest BCUT2D eigenvalue weighted by atomic mass is 10.2. The molecule has 3 aromatic rings. The first kappa shape index (κ1) is 20.9. The second-order valence-electron chi connectivity index (χ2n) is 6.48. The molecule has 1 aromatic carbocycles. The van der Waals surface area contributed by atoms with Gasteiger partial charge in [0, 0.05) is 29.7 Å². The van der Waals surface area contributed by atoms with Crippen LogP contribution in [0.3, 0.4) is 0 Å². The van der Waals surface area contributed by atoms with E-state index in [1.165, 1.54) is 11.8 Å². The highest BCUT2D eigenvalue weighted by molar-refractivity contribution is 7.99. The molecule has 0 bridgehead atoms. The summed E-state index contributed by atoms with van der Waals surface area (Å²) >= 11 is 1.36. The van der Waals surface area contributed by atoms with Crippen molar-refractivity contribution >= 4 is 17.7 Å². The molecule has 0 aliphatic carbocycles. The Balaban J connectivity index is 1.90. The number of benzene rings is 1. The first-order chi connectivity index (χ1) is 14.1. The number of rotatable bonds is 9. The van der Waals surface area contributed by atoms with Crippen molar-refractivity contribution in [2.75, 3.05) is 12.4 Å². The summed E-state index contributed by atoms with van der Waals surface area (Å²) in [5, 5.41) is 12.3. The maximum atomic E-state index is 12.2. The number of nitrogens with zero attached hydrogens (tertiary/aromatic N) is 4. The van der Waals surface area contributed by atoms with Gasteiger partial charge in [-0.3, -0.25) is 14.3 Å². The predicted octanol–water partition coefficient (Wildman–Crippen LogP) is 3.73. The second kappa shape index (κ2) is 10.1. The second-order valence-corrected chi connectivity index (χ2v) is 7.42. The van der Waals surface area contributed by atoms with Crippen LogP contribution in [0.5, 0.6) is 5.75 Å². The fourth-order valence-electron chi connectivity index (χ4n) is 2.68. The Morgan fingerprint density at radius 1 is 1.21 bits per heavy atom. The van der Waals surface area contributed by atoms with Gasteiger partial charge in [0.05, 0.1) is 12.4 Å². The number of hydrogen-bond donors (Lipinski definition) is 1. The molecule has 0 aliphatic rings. The van der Waals surface area contributed by atoms with Crippen LogP contribution < -0.4 is 10.1 Å². The molecular weight excluding hydrogens is 386 g/mol. The number of aromatic nitrogens is 4. The summed E-state index contributed by atoms with van der Waals surface area (Å²) in [6, 6.07) is 11.7. The van der Waals surface area contributed by atoms with Crippen molar-refractivity contribution < 1.29 is 9.53 Å². The highest BCUT2D eigenvalue weighted by Crippen LogP contribution is 2.28. The Bertz CT molecular complexity index is 928. The molecule has 0 fully saturated rings. The van der Waals surface area contributed by atoms with E-state index in [1.807, 2.05) is 61.7 Å². The highest BCUT2D eigenvalue weighted by atomic mass is 32.2. The lowest BCUT2D eigenvalue weighted by molar-refractivity contribution is -0.119. The summed E-state index contributed by atoms with van der Waals surface area (Å²) in [6.07, 6.45) is 4.36. The van der Waals surface area contributed by atoms with Crippen molar-refractivity contribution in [1.29, 1.82) is 0 Å². The zero-order valence-corrected chi connectivity index (χ0v) is 17.6. The van der Waals surface area contributed by atoms with E-state index in [0.717, 1.165) is 23.4 Å². The quantitative estimate of drug-likeness (QED) is 0.540. The van der Waals surface area contributed by atoms with E-state index in [2.05, 4.69) is 20.5 Å². The van der Waals surface area contributed by atoms with Gasteiger partial charge in [-0.25, -0.2) is 0 Å². The van der Waals surface area contributed by atoms with Crippen LogP contribution in [0.4, 0.5) is 0 Å². The van der Waals surface area contributed by atoms with E-state index in [1.54, 1.807) is 12.4 Å². The third-order valence-electron chi connectivity index (χ3n) is 4.31. The average molecular weight is 412 g/mol. The molecule has 0 spiro atoms. The van der Waals surface area contributed by atoms with Crippen LogP contribution >= 0.6 is 11.8 Å². The monoisotopic (exact) mass is 411 g/mol. The van der Waals surface area contributed by atoms with Gasteiger partial charge >= 0.3 is 0 Å². The Hall–Kier alpha value is -2.87. The normalized spacial score (nSPS) is 11.8. The molecule has 29 heavy (non-hydrogen) atoms. The number of amides is 1. The number of pyridine rings is 1. The third kappa shape index (κ3) is 5.35.